The number of nitrogens with zero attached hydrogens (tertiary/aromatic N) is 2. The number of alkyl halides is 8. The first kappa shape index (κ1) is 28.7. The SMILES string of the molecule is COC1c2c(c(=O)[nH]c(=O)n2C2CC2)C(C(F)F)=C(F)C1N1CCC(C(N)CC(C(F)(F)F)C(F)(F)F)C1. The molecule has 3 N–H and O–H groups in total. The van der Waals surface area contributed by atoms with Gasteiger partial charge in [0, 0.05) is 25.7 Å². The Bertz CT molecular complexity index is 1190. The maximum Gasteiger partial charge on any atom is 0.400 e. The number of nitrogens with one attached hydrogen (secondary N) is 1. The molecule has 2 aliphatic carbocycles. The fourth-order valence-electron chi connectivity index (χ4n) is 5.50. The van der Waals surface area contributed by atoms with Crippen LogP contribution in [0.5, 0.6) is 0 Å². The largest absolute Gasteiger partial charge is 0.400 e. The topological polar surface area (TPSA) is 93.3 Å². The first-order valence-electron chi connectivity index (χ1n) is 11.8. The summed E-state index contributed by atoms with van der Waals surface area (Å²) in [5, 5.41) is 0. The molecular weight excluding hydrogens is 539 g/mol. The zero-order chi connectivity index (χ0) is 28.3. The number of aromatic amines is 1. The number of likely N-dealkylation sites (tertiary alicyclic amines) is 1. The number of hydrogen-bond acceptors (Lipinski definition) is 5. The van der Waals surface area contributed by atoms with Crippen LogP contribution in [0.3, 0.4) is 0 Å². The lowest BCUT2D eigenvalue weighted by Crippen LogP contribution is -2.48. The molecule has 16 heteroatoms. The highest BCUT2D eigenvalue weighted by Gasteiger charge is 2.57. The van der Waals surface area contributed by atoms with Crippen molar-refractivity contribution in [3.8, 4) is 0 Å². The van der Waals surface area contributed by atoms with Crippen LogP contribution in [-0.4, -0.2) is 65.5 Å². The average Bonchev–Trinajstić information content (AvgIpc) is 3.50. The van der Waals surface area contributed by atoms with Crippen molar-refractivity contribution >= 4 is 5.57 Å². The molecule has 4 rings (SSSR count). The molecule has 4 unspecified atom stereocenters. The Hall–Kier alpha value is -2.33. The number of aromatic nitrogens is 2. The molecule has 1 aliphatic heterocycles. The van der Waals surface area contributed by atoms with E-state index in [2.05, 4.69) is 0 Å². The van der Waals surface area contributed by atoms with Crippen LogP contribution in [0.2, 0.25) is 0 Å². The Kier molecular flexibility index (Phi) is 7.55. The summed E-state index contributed by atoms with van der Waals surface area (Å²) in [5.41, 5.74) is 1.44. The highest BCUT2D eigenvalue weighted by Crippen LogP contribution is 2.47. The molecule has 0 amide bonds. The number of halogens is 9. The third-order valence-corrected chi connectivity index (χ3v) is 7.46. The Morgan fingerprint density at radius 3 is 2.18 bits per heavy atom. The fourth-order valence-corrected chi connectivity index (χ4v) is 5.50. The molecule has 2 fully saturated rings. The summed E-state index contributed by atoms with van der Waals surface area (Å²) in [5.74, 6) is -6.04. The van der Waals surface area contributed by atoms with Gasteiger partial charge in [-0.25, -0.2) is 18.0 Å². The van der Waals surface area contributed by atoms with Crippen LogP contribution >= 0.6 is 0 Å². The van der Waals surface area contributed by atoms with Gasteiger partial charge in [-0.3, -0.25) is 19.2 Å². The van der Waals surface area contributed by atoms with Crippen molar-refractivity contribution in [1.29, 1.82) is 0 Å². The number of rotatable bonds is 7. The minimum absolute atomic E-state index is 0.0362. The highest BCUT2D eigenvalue weighted by atomic mass is 19.4. The molecule has 38 heavy (non-hydrogen) atoms. The van der Waals surface area contributed by atoms with E-state index in [0.29, 0.717) is 12.8 Å². The Morgan fingerprint density at radius 2 is 1.68 bits per heavy atom. The molecule has 214 valence electrons. The third kappa shape index (κ3) is 5.13. The molecule has 0 bridgehead atoms. The van der Waals surface area contributed by atoms with Gasteiger partial charge in [-0.1, -0.05) is 0 Å². The van der Waals surface area contributed by atoms with Crippen LogP contribution in [-0.2, 0) is 4.74 Å². The monoisotopic (exact) mass is 564 g/mol. The lowest BCUT2D eigenvalue weighted by Gasteiger charge is -2.39. The molecule has 1 aromatic heterocycles. The summed E-state index contributed by atoms with van der Waals surface area (Å²) in [6.07, 6.45) is -16.6. The standard InChI is InChI=1S/C22H25F9N4O3/c1-38-17-15-13(19(36)33-20(37)35(15)9-2-3-9)12(18(24)25)14(23)16(17)34-5-4-8(7-34)10(32)6-11(21(26,27)28)22(29,30)31/h8-11,16-18H,2-7,32H2,1H3,(H,33,36,37). The molecule has 0 radical (unpaired) electrons. The van der Waals surface area contributed by atoms with Gasteiger partial charge in [-0.15, -0.1) is 0 Å². The first-order valence-corrected chi connectivity index (χ1v) is 11.8. The minimum Gasteiger partial charge on any atom is -0.373 e. The molecule has 1 aromatic rings. The van der Waals surface area contributed by atoms with Crippen molar-refractivity contribution in [3.63, 3.8) is 0 Å². The second-order valence-electron chi connectivity index (χ2n) is 9.86. The van der Waals surface area contributed by atoms with Gasteiger partial charge in [0.25, 0.3) is 12.0 Å². The predicted molar refractivity (Wildman–Crippen MR) is 115 cm³/mol. The lowest BCUT2D eigenvalue weighted by molar-refractivity contribution is -0.287. The van der Waals surface area contributed by atoms with E-state index in [1.807, 2.05) is 4.98 Å². The summed E-state index contributed by atoms with van der Waals surface area (Å²) in [4.78, 5) is 28.3. The van der Waals surface area contributed by atoms with Gasteiger partial charge in [-0.05, 0) is 38.1 Å². The van der Waals surface area contributed by atoms with E-state index in [-0.39, 0.29) is 25.2 Å². The lowest BCUT2D eigenvalue weighted by atomic mass is 9.87. The van der Waals surface area contributed by atoms with Crippen LogP contribution in [0.15, 0.2) is 15.4 Å². The summed E-state index contributed by atoms with van der Waals surface area (Å²) in [6.45, 7) is -0.425. The molecular formula is C22H25F9N4O3. The Morgan fingerprint density at radius 1 is 1.08 bits per heavy atom. The molecule has 4 atom stereocenters. The van der Waals surface area contributed by atoms with Crippen LogP contribution in [0.25, 0.3) is 5.57 Å². The van der Waals surface area contributed by atoms with Crippen LogP contribution < -0.4 is 17.0 Å². The second-order valence-corrected chi connectivity index (χ2v) is 9.86. The van der Waals surface area contributed by atoms with Crippen molar-refractivity contribution in [2.75, 3.05) is 20.2 Å². The van der Waals surface area contributed by atoms with E-state index in [4.69, 9.17) is 10.5 Å². The van der Waals surface area contributed by atoms with Gasteiger partial charge in [0.2, 0.25) is 0 Å². The fraction of sp³-hybridized carbons (Fsp3) is 0.727. The number of H-pyrrole nitrogens is 1. The van der Waals surface area contributed by atoms with Crippen LogP contribution in [0, 0.1) is 11.8 Å². The van der Waals surface area contributed by atoms with Gasteiger partial charge >= 0.3 is 18.0 Å². The summed E-state index contributed by atoms with van der Waals surface area (Å²) in [6, 6.07) is -3.63. The summed E-state index contributed by atoms with van der Waals surface area (Å²) < 4.78 is 129. The van der Waals surface area contributed by atoms with Crippen molar-refractivity contribution in [3.05, 3.63) is 37.9 Å². The highest BCUT2D eigenvalue weighted by molar-refractivity contribution is 5.74. The minimum atomic E-state index is -5.58. The van der Waals surface area contributed by atoms with Crippen molar-refractivity contribution < 1.29 is 44.3 Å². The number of hydrogen-bond donors (Lipinski definition) is 2. The van der Waals surface area contributed by atoms with E-state index in [9.17, 15) is 44.7 Å². The van der Waals surface area contributed by atoms with Crippen molar-refractivity contribution in [2.24, 2.45) is 17.6 Å². The van der Waals surface area contributed by atoms with Gasteiger partial charge < -0.3 is 10.5 Å². The molecule has 1 saturated carbocycles. The van der Waals surface area contributed by atoms with Gasteiger partial charge in [0.15, 0.2) is 5.92 Å². The Balaban J connectivity index is 1.69. The molecule has 7 nitrogen and oxygen atoms in total. The van der Waals surface area contributed by atoms with Crippen molar-refractivity contribution in [2.45, 2.75) is 68.7 Å². The van der Waals surface area contributed by atoms with Crippen molar-refractivity contribution in [1.82, 2.24) is 14.5 Å². The number of allylic oxidation sites excluding steroid dienone is 1. The molecule has 3 aliphatic rings. The molecule has 1 saturated heterocycles. The first-order chi connectivity index (χ1) is 17.6. The summed E-state index contributed by atoms with van der Waals surface area (Å²) >= 11 is 0. The quantitative estimate of drug-likeness (QED) is 0.494. The van der Waals surface area contributed by atoms with Crippen LogP contribution in [0.1, 0.15) is 49.1 Å². The number of fused-ring (bicyclic) bond motifs is 1. The molecule has 0 spiro atoms. The summed E-state index contributed by atoms with van der Waals surface area (Å²) in [7, 11) is 1.11. The third-order valence-electron chi connectivity index (χ3n) is 7.46. The zero-order valence-corrected chi connectivity index (χ0v) is 19.9. The van der Waals surface area contributed by atoms with Gasteiger partial charge in [0.05, 0.1) is 22.9 Å². The number of methoxy groups -OCH3 is 1. The second kappa shape index (κ2) is 10.0. The molecule has 2 heterocycles. The maximum atomic E-state index is 15.7. The van der Waals surface area contributed by atoms with E-state index in [0.717, 1.165) is 11.7 Å². The normalized spacial score (nSPS) is 26.0. The predicted octanol–water partition coefficient (Wildman–Crippen LogP) is 3.67. The Labute approximate surface area is 209 Å². The maximum absolute atomic E-state index is 15.7. The van der Waals surface area contributed by atoms with E-state index < -0.39 is 89.5 Å². The van der Waals surface area contributed by atoms with E-state index in [1.165, 1.54) is 4.90 Å². The zero-order valence-electron chi connectivity index (χ0n) is 19.9. The molecule has 0 aromatic carbocycles. The van der Waals surface area contributed by atoms with Gasteiger partial charge in [-0.2, -0.15) is 26.3 Å². The number of nitrogens with two attached hydrogens (primary N) is 1. The van der Waals surface area contributed by atoms with Crippen LogP contribution in [0.4, 0.5) is 39.5 Å². The average molecular weight is 564 g/mol. The van der Waals surface area contributed by atoms with E-state index in [1.54, 1.807) is 0 Å². The smallest absolute Gasteiger partial charge is 0.373 e. The van der Waals surface area contributed by atoms with Gasteiger partial charge in [0.1, 0.15) is 11.9 Å². The van der Waals surface area contributed by atoms with E-state index >= 15 is 4.39 Å². The number of ether oxygens (including phenoxy) is 1.